The summed E-state index contributed by atoms with van der Waals surface area (Å²) < 4.78 is 11.2. The highest BCUT2D eigenvalue weighted by Crippen LogP contribution is 2.37. The van der Waals surface area contributed by atoms with Crippen LogP contribution in [0.4, 0.5) is 0 Å². The second-order valence-electron chi connectivity index (χ2n) is 10.8. The molecule has 5 heteroatoms. The maximum atomic E-state index is 13.8. The number of para-hydroxylation sites is 1. The molecule has 0 radical (unpaired) electrons. The number of hydrogen-bond acceptors (Lipinski definition) is 4. The molecule has 1 heterocycles. The van der Waals surface area contributed by atoms with Crippen molar-refractivity contribution >= 4 is 5.91 Å². The minimum Gasteiger partial charge on any atom is -0.497 e. The van der Waals surface area contributed by atoms with Crippen LogP contribution in [0.15, 0.2) is 78.9 Å². The molecule has 1 saturated heterocycles. The van der Waals surface area contributed by atoms with Crippen LogP contribution in [0.25, 0.3) is 0 Å². The number of likely N-dealkylation sites (tertiary alicyclic amines) is 1. The van der Waals surface area contributed by atoms with Gasteiger partial charge in [0, 0.05) is 50.1 Å². The Hall–Kier alpha value is -3.31. The zero-order valence-electron chi connectivity index (χ0n) is 22.7. The molecule has 0 bridgehead atoms. The monoisotopic (exact) mass is 512 g/mol. The highest BCUT2D eigenvalue weighted by Gasteiger charge is 2.37. The van der Waals surface area contributed by atoms with E-state index in [0.29, 0.717) is 24.3 Å². The van der Waals surface area contributed by atoms with Crippen molar-refractivity contribution in [1.29, 1.82) is 0 Å². The molecule has 3 aromatic carbocycles. The minimum atomic E-state index is 0.167. The van der Waals surface area contributed by atoms with Gasteiger partial charge in [-0.05, 0) is 48.1 Å². The number of hydrogen-bond donors (Lipinski definition) is 0. The Kier molecular flexibility index (Phi) is 8.65. The van der Waals surface area contributed by atoms with Gasteiger partial charge in [0.1, 0.15) is 11.5 Å². The summed E-state index contributed by atoms with van der Waals surface area (Å²) >= 11 is 0. The lowest BCUT2D eigenvalue weighted by Crippen LogP contribution is -2.40. The van der Waals surface area contributed by atoms with Gasteiger partial charge in [0.05, 0.1) is 14.2 Å². The third-order valence-corrected chi connectivity index (χ3v) is 8.31. The Morgan fingerprint density at radius 2 is 1.66 bits per heavy atom. The lowest BCUT2D eigenvalue weighted by Gasteiger charge is -2.31. The highest BCUT2D eigenvalue weighted by molar-refractivity contribution is 5.79. The molecule has 1 amide bonds. The largest absolute Gasteiger partial charge is 0.497 e. The molecule has 200 valence electrons. The smallest absolute Gasteiger partial charge is 0.225 e. The van der Waals surface area contributed by atoms with E-state index in [1.165, 1.54) is 16.7 Å². The Balaban J connectivity index is 1.41. The predicted octanol–water partition coefficient (Wildman–Crippen LogP) is 6.14. The Morgan fingerprint density at radius 1 is 0.895 bits per heavy atom. The zero-order chi connectivity index (χ0) is 26.3. The number of nitrogens with zero attached hydrogens (tertiary/aromatic N) is 2. The van der Waals surface area contributed by atoms with E-state index < -0.39 is 0 Å². The van der Waals surface area contributed by atoms with E-state index in [1.54, 1.807) is 14.2 Å². The van der Waals surface area contributed by atoms with Crippen LogP contribution in [0, 0.1) is 11.8 Å². The summed E-state index contributed by atoms with van der Waals surface area (Å²) in [6.07, 6.45) is 4.37. The van der Waals surface area contributed by atoms with Gasteiger partial charge in [-0.25, -0.2) is 0 Å². The third-order valence-electron chi connectivity index (χ3n) is 8.31. The van der Waals surface area contributed by atoms with Gasteiger partial charge in [-0.2, -0.15) is 0 Å². The number of carbonyl (C=O) groups excluding carboxylic acids is 1. The summed E-state index contributed by atoms with van der Waals surface area (Å²) in [4.78, 5) is 18.5. The van der Waals surface area contributed by atoms with Crippen LogP contribution in [-0.4, -0.2) is 49.6 Å². The molecular weight excluding hydrogens is 472 g/mol. The summed E-state index contributed by atoms with van der Waals surface area (Å²) in [6, 6.07) is 27.2. The van der Waals surface area contributed by atoms with Crippen molar-refractivity contribution in [2.45, 2.75) is 44.7 Å². The van der Waals surface area contributed by atoms with Gasteiger partial charge in [-0.1, -0.05) is 73.5 Å². The first kappa shape index (κ1) is 26.3. The molecule has 0 aromatic heterocycles. The van der Waals surface area contributed by atoms with E-state index in [4.69, 9.17) is 9.47 Å². The molecule has 1 aliphatic carbocycles. The Morgan fingerprint density at radius 3 is 2.42 bits per heavy atom. The van der Waals surface area contributed by atoms with Crippen molar-refractivity contribution in [2.75, 3.05) is 33.9 Å². The van der Waals surface area contributed by atoms with Crippen LogP contribution in [0.5, 0.6) is 11.5 Å². The van der Waals surface area contributed by atoms with Gasteiger partial charge in [0.15, 0.2) is 0 Å². The van der Waals surface area contributed by atoms with E-state index in [0.717, 1.165) is 63.4 Å². The van der Waals surface area contributed by atoms with E-state index >= 15 is 0 Å². The summed E-state index contributed by atoms with van der Waals surface area (Å²) in [5.41, 5.74) is 3.67. The maximum absolute atomic E-state index is 13.8. The molecule has 0 spiro atoms. The summed E-state index contributed by atoms with van der Waals surface area (Å²) in [5, 5.41) is 0. The van der Waals surface area contributed by atoms with Crippen LogP contribution in [0.3, 0.4) is 0 Å². The molecule has 3 aromatic rings. The normalized spacial score (nSPS) is 19.9. The molecule has 0 unspecified atom stereocenters. The van der Waals surface area contributed by atoms with E-state index in [9.17, 15) is 4.79 Å². The molecule has 2 fully saturated rings. The first-order valence-corrected chi connectivity index (χ1v) is 14.0. The minimum absolute atomic E-state index is 0.167. The second-order valence-corrected chi connectivity index (χ2v) is 10.8. The molecule has 1 saturated carbocycles. The summed E-state index contributed by atoms with van der Waals surface area (Å²) in [5.74, 6) is 2.95. The number of amides is 1. The lowest BCUT2D eigenvalue weighted by atomic mass is 9.88. The SMILES string of the molecule is COc1cccc([C@@H]2CN(Cc3ccccc3OC)C[C@H]2CN(Cc2ccccc2)C(=O)C2CCCC2)c1. The molecular formula is C33H40N2O3. The number of benzene rings is 3. The average Bonchev–Trinajstić information content (AvgIpc) is 3.64. The van der Waals surface area contributed by atoms with Crippen LogP contribution in [0.2, 0.25) is 0 Å². The molecule has 2 atom stereocenters. The molecule has 5 rings (SSSR count). The maximum Gasteiger partial charge on any atom is 0.225 e. The van der Waals surface area contributed by atoms with Crippen molar-refractivity contribution in [2.24, 2.45) is 11.8 Å². The molecule has 38 heavy (non-hydrogen) atoms. The van der Waals surface area contributed by atoms with E-state index in [1.807, 2.05) is 24.3 Å². The van der Waals surface area contributed by atoms with Crippen LogP contribution in [0.1, 0.15) is 48.3 Å². The van der Waals surface area contributed by atoms with Crippen LogP contribution >= 0.6 is 0 Å². The van der Waals surface area contributed by atoms with Gasteiger partial charge < -0.3 is 14.4 Å². The molecule has 5 nitrogen and oxygen atoms in total. The number of methoxy groups -OCH3 is 2. The number of ether oxygens (including phenoxy) is 2. The first-order valence-electron chi connectivity index (χ1n) is 14.0. The van der Waals surface area contributed by atoms with E-state index in [-0.39, 0.29) is 5.92 Å². The van der Waals surface area contributed by atoms with Crippen molar-refractivity contribution < 1.29 is 14.3 Å². The van der Waals surface area contributed by atoms with Crippen LogP contribution < -0.4 is 9.47 Å². The second kappa shape index (κ2) is 12.5. The first-order chi connectivity index (χ1) is 18.6. The number of rotatable bonds is 10. The van der Waals surface area contributed by atoms with Crippen LogP contribution in [-0.2, 0) is 17.9 Å². The lowest BCUT2D eigenvalue weighted by molar-refractivity contribution is -0.136. The fraction of sp³-hybridized carbons (Fsp3) is 0.424. The zero-order valence-corrected chi connectivity index (χ0v) is 22.7. The third kappa shape index (κ3) is 6.21. The molecule has 1 aliphatic heterocycles. The molecule has 2 aliphatic rings. The fourth-order valence-corrected chi connectivity index (χ4v) is 6.35. The topological polar surface area (TPSA) is 42.0 Å². The fourth-order valence-electron chi connectivity index (χ4n) is 6.35. The van der Waals surface area contributed by atoms with E-state index in [2.05, 4.69) is 64.4 Å². The van der Waals surface area contributed by atoms with Crippen molar-refractivity contribution in [1.82, 2.24) is 9.80 Å². The quantitative estimate of drug-likeness (QED) is 0.327. The van der Waals surface area contributed by atoms with Gasteiger partial charge in [0.2, 0.25) is 5.91 Å². The van der Waals surface area contributed by atoms with Gasteiger partial charge in [-0.3, -0.25) is 9.69 Å². The van der Waals surface area contributed by atoms with Crippen molar-refractivity contribution in [3.8, 4) is 11.5 Å². The molecule has 0 N–H and O–H groups in total. The summed E-state index contributed by atoms with van der Waals surface area (Å²) in [7, 11) is 3.46. The Bertz CT molecular complexity index is 1190. The summed E-state index contributed by atoms with van der Waals surface area (Å²) in [6.45, 7) is 4.13. The highest BCUT2D eigenvalue weighted by atomic mass is 16.5. The van der Waals surface area contributed by atoms with Gasteiger partial charge >= 0.3 is 0 Å². The predicted molar refractivity (Wildman–Crippen MR) is 151 cm³/mol. The van der Waals surface area contributed by atoms with Gasteiger partial charge in [-0.15, -0.1) is 0 Å². The van der Waals surface area contributed by atoms with Gasteiger partial charge in [0.25, 0.3) is 0 Å². The Labute approximate surface area is 227 Å². The van der Waals surface area contributed by atoms with Crippen molar-refractivity contribution in [3.05, 3.63) is 95.6 Å². The standard InChI is InChI=1S/C33H40N2O3/c1-37-30-17-10-16-27(19-30)31-24-34(21-28-15-8-9-18-32(28)38-2)22-29(31)23-35(20-25-11-4-3-5-12-25)33(36)26-13-6-7-14-26/h3-5,8-12,15-19,26,29,31H,6-7,13-14,20-24H2,1-2H3/t29-,31-/m0/s1. The van der Waals surface area contributed by atoms with Crippen molar-refractivity contribution in [3.63, 3.8) is 0 Å². The number of carbonyl (C=O) groups is 1. The average molecular weight is 513 g/mol.